The van der Waals surface area contributed by atoms with Crippen molar-refractivity contribution in [3.05, 3.63) is 0 Å². The molecule has 2 N–H and O–H groups in total. The summed E-state index contributed by atoms with van der Waals surface area (Å²) in [6, 6.07) is -1.01. The average Bonchev–Trinajstić information content (AvgIpc) is 2.31. The SMILES string of the molecule is CCC[C@@H](NC(=O)N1CCC(C)C(C)C1)C(=O)O. The van der Waals surface area contributed by atoms with Gasteiger partial charge in [0.25, 0.3) is 0 Å². The Morgan fingerprint density at radius 3 is 2.56 bits per heavy atom. The summed E-state index contributed by atoms with van der Waals surface area (Å²) >= 11 is 0. The molecule has 0 aromatic carbocycles. The van der Waals surface area contributed by atoms with Crippen LogP contribution in [-0.4, -0.2) is 41.1 Å². The molecule has 5 nitrogen and oxygen atoms in total. The molecule has 0 saturated carbocycles. The third kappa shape index (κ3) is 3.89. The van der Waals surface area contributed by atoms with E-state index in [0.717, 1.165) is 19.4 Å². The second-order valence-corrected chi connectivity index (χ2v) is 5.32. The lowest BCUT2D eigenvalue weighted by molar-refractivity contribution is -0.139. The molecule has 0 spiro atoms. The minimum atomic E-state index is -0.955. The van der Waals surface area contributed by atoms with Crippen molar-refractivity contribution in [2.75, 3.05) is 13.1 Å². The molecule has 3 atom stereocenters. The normalized spacial score (nSPS) is 25.6. The highest BCUT2D eigenvalue weighted by Gasteiger charge is 2.28. The van der Waals surface area contributed by atoms with Crippen molar-refractivity contribution in [2.24, 2.45) is 11.8 Å². The van der Waals surface area contributed by atoms with Crippen LogP contribution in [0.3, 0.4) is 0 Å². The van der Waals surface area contributed by atoms with Crippen molar-refractivity contribution < 1.29 is 14.7 Å². The van der Waals surface area contributed by atoms with Crippen molar-refractivity contribution in [1.29, 1.82) is 0 Å². The molecule has 5 heteroatoms. The van der Waals surface area contributed by atoms with Gasteiger partial charge >= 0.3 is 12.0 Å². The Morgan fingerprint density at radius 1 is 1.39 bits per heavy atom. The first-order chi connectivity index (χ1) is 8.45. The van der Waals surface area contributed by atoms with Crippen LogP contribution < -0.4 is 5.32 Å². The molecule has 0 aromatic rings. The van der Waals surface area contributed by atoms with E-state index >= 15 is 0 Å². The van der Waals surface area contributed by atoms with E-state index < -0.39 is 12.0 Å². The molecule has 1 aliphatic rings. The van der Waals surface area contributed by atoms with Gasteiger partial charge in [0.15, 0.2) is 0 Å². The van der Waals surface area contributed by atoms with Crippen LogP contribution >= 0.6 is 0 Å². The van der Waals surface area contributed by atoms with Crippen molar-refractivity contribution in [2.45, 2.75) is 46.1 Å². The predicted octanol–water partition coefficient (Wildman–Crippen LogP) is 1.93. The monoisotopic (exact) mass is 256 g/mol. The quantitative estimate of drug-likeness (QED) is 0.807. The highest BCUT2D eigenvalue weighted by atomic mass is 16.4. The second kappa shape index (κ2) is 6.61. The maximum absolute atomic E-state index is 12.0. The van der Waals surface area contributed by atoms with Gasteiger partial charge in [-0.1, -0.05) is 27.2 Å². The molecule has 1 rings (SSSR count). The van der Waals surface area contributed by atoms with Crippen molar-refractivity contribution in [3.63, 3.8) is 0 Å². The summed E-state index contributed by atoms with van der Waals surface area (Å²) in [7, 11) is 0. The molecule has 0 aromatic heterocycles. The van der Waals surface area contributed by atoms with E-state index in [-0.39, 0.29) is 6.03 Å². The van der Waals surface area contributed by atoms with Gasteiger partial charge in [-0.3, -0.25) is 0 Å². The van der Waals surface area contributed by atoms with Crippen molar-refractivity contribution in [3.8, 4) is 0 Å². The fourth-order valence-electron chi connectivity index (χ4n) is 2.23. The lowest BCUT2D eigenvalue weighted by Gasteiger charge is -2.35. The van der Waals surface area contributed by atoms with Gasteiger partial charge in [-0.25, -0.2) is 9.59 Å². The zero-order valence-electron chi connectivity index (χ0n) is 11.5. The van der Waals surface area contributed by atoms with Gasteiger partial charge in [0.1, 0.15) is 6.04 Å². The molecule has 1 aliphatic heterocycles. The summed E-state index contributed by atoms with van der Waals surface area (Å²) in [5.41, 5.74) is 0. The summed E-state index contributed by atoms with van der Waals surface area (Å²) in [5, 5.41) is 11.6. The molecule has 2 unspecified atom stereocenters. The highest BCUT2D eigenvalue weighted by Crippen LogP contribution is 2.22. The number of nitrogens with one attached hydrogen (secondary N) is 1. The summed E-state index contributed by atoms with van der Waals surface area (Å²) in [6.45, 7) is 7.66. The van der Waals surface area contributed by atoms with Gasteiger partial charge in [-0.2, -0.15) is 0 Å². The Kier molecular flexibility index (Phi) is 5.44. The minimum Gasteiger partial charge on any atom is -0.480 e. The number of urea groups is 1. The zero-order valence-corrected chi connectivity index (χ0v) is 11.5. The molecule has 0 bridgehead atoms. The van der Waals surface area contributed by atoms with Crippen LogP contribution in [0.2, 0.25) is 0 Å². The number of hydrogen-bond acceptors (Lipinski definition) is 2. The zero-order chi connectivity index (χ0) is 13.7. The smallest absolute Gasteiger partial charge is 0.326 e. The molecule has 1 saturated heterocycles. The van der Waals surface area contributed by atoms with Crippen molar-refractivity contribution in [1.82, 2.24) is 10.2 Å². The number of amides is 2. The number of aliphatic carboxylic acids is 1. The molecule has 104 valence electrons. The minimum absolute atomic E-state index is 0.241. The number of nitrogens with zero attached hydrogens (tertiary/aromatic N) is 1. The predicted molar refractivity (Wildman–Crippen MR) is 69.4 cm³/mol. The number of rotatable bonds is 4. The average molecular weight is 256 g/mol. The maximum atomic E-state index is 12.0. The number of carboxylic acid groups (broad SMARTS) is 1. The van der Waals surface area contributed by atoms with Gasteiger partial charge in [0.05, 0.1) is 0 Å². The highest BCUT2D eigenvalue weighted by molar-refractivity contribution is 5.82. The van der Waals surface area contributed by atoms with Crippen LogP contribution in [0.1, 0.15) is 40.0 Å². The number of carbonyl (C=O) groups is 2. The van der Waals surface area contributed by atoms with Gasteiger partial charge in [0, 0.05) is 13.1 Å². The van der Waals surface area contributed by atoms with Crippen LogP contribution in [0, 0.1) is 11.8 Å². The number of carboxylic acids is 1. The van der Waals surface area contributed by atoms with Crippen LogP contribution in [0.4, 0.5) is 4.79 Å². The van der Waals surface area contributed by atoms with E-state index in [1.807, 2.05) is 6.92 Å². The Hall–Kier alpha value is -1.26. The first kappa shape index (κ1) is 14.8. The molecule has 0 aliphatic carbocycles. The molecular weight excluding hydrogens is 232 g/mol. The van der Waals surface area contributed by atoms with E-state index in [4.69, 9.17) is 5.11 Å². The van der Waals surface area contributed by atoms with Crippen molar-refractivity contribution >= 4 is 12.0 Å². The van der Waals surface area contributed by atoms with Crippen LogP contribution in [-0.2, 0) is 4.79 Å². The maximum Gasteiger partial charge on any atom is 0.326 e. The molecule has 1 heterocycles. The number of hydrogen-bond donors (Lipinski definition) is 2. The molecule has 1 fully saturated rings. The Morgan fingerprint density at radius 2 is 2.06 bits per heavy atom. The summed E-state index contributed by atoms with van der Waals surface area (Å²) in [5.74, 6) is 0.141. The van der Waals surface area contributed by atoms with Crippen LogP contribution in [0.5, 0.6) is 0 Å². The first-order valence-corrected chi connectivity index (χ1v) is 6.74. The molecule has 18 heavy (non-hydrogen) atoms. The lowest BCUT2D eigenvalue weighted by Crippen LogP contribution is -2.51. The topological polar surface area (TPSA) is 69.6 Å². The standard InChI is InChI=1S/C13H24N2O3/c1-4-5-11(12(16)17)14-13(18)15-7-6-9(2)10(3)8-15/h9-11H,4-8H2,1-3H3,(H,14,18)(H,16,17)/t9?,10?,11-/m1/s1. The van der Waals surface area contributed by atoms with E-state index in [9.17, 15) is 9.59 Å². The molecular formula is C13H24N2O3. The van der Waals surface area contributed by atoms with E-state index in [1.54, 1.807) is 4.90 Å². The Labute approximate surface area is 109 Å². The van der Waals surface area contributed by atoms with Crippen LogP contribution in [0.25, 0.3) is 0 Å². The lowest BCUT2D eigenvalue weighted by atomic mass is 9.89. The van der Waals surface area contributed by atoms with E-state index in [1.165, 1.54) is 0 Å². The van der Waals surface area contributed by atoms with Gasteiger partial charge in [-0.05, 0) is 24.7 Å². The molecule has 0 radical (unpaired) electrons. The van der Waals surface area contributed by atoms with Gasteiger partial charge < -0.3 is 15.3 Å². The van der Waals surface area contributed by atoms with Gasteiger partial charge in [0.2, 0.25) is 0 Å². The summed E-state index contributed by atoms with van der Waals surface area (Å²) < 4.78 is 0. The largest absolute Gasteiger partial charge is 0.480 e. The number of piperidine rings is 1. The first-order valence-electron chi connectivity index (χ1n) is 6.74. The van der Waals surface area contributed by atoms with E-state index in [0.29, 0.717) is 24.8 Å². The third-order valence-corrected chi connectivity index (χ3v) is 3.79. The Bertz CT molecular complexity index is 307. The van der Waals surface area contributed by atoms with E-state index in [2.05, 4.69) is 19.2 Å². The number of likely N-dealkylation sites (tertiary alicyclic amines) is 1. The fourth-order valence-corrected chi connectivity index (χ4v) is 2.23. The fraction of sp³-hybridized carbons (Fsp3) is 0.846. The molecule has 2 amide bonds. The summed E-state index contributed by atoms with van der Waals surface area (Å²) in [4.78, 5) is 24.7. The van der Waals surface area contributed by atoms with Crippen LogP contribution in [0.15, 0.2) is 0 Å². The number of carbonyl (C=O) groups excluding carboxylic acids is 1. The Balaban J connectivity index is 2.51. The third-order valence-electron chi connectivity index (χ3n) is 3.79. The summed E-state index contributed by atoms with van der Waals surface area (Å²) in [6.07, 6.45) is 2.20. The van der Waals surface area contributed by atoms with Gasteiger partial charge in [-0.15, -0.1) is 0 Å². The second-order valence-electron chi connectivity index (χ2n) is 5.32.